The average molecular weight is 402 g/mol. The molecule has 0 radical (unpaired) electrons. The van der Waals surface area contributed by atoms with Gasteiger partial charge in [0.15, 0.2) is 13.2 Å². The summed E-state index contributed by atoms with van der Waals surface area (Å²) in [6.45, 7) is 0.729. The van der Waals surface area contributed by atoms with Gasteiger partial charge in [0.2, 0.25) is 0 Å². The van der Waals surface area contributed by atoms with Crippen molar-refractivity contribution >= 4 is 29.2 Å². The minimum atomic E-state index is -4.66. The molecule has 0 heterocycles. The standard InChI is InChI=1S/C18H15ClF3NO4/c1-11-4-2-3-5-15(11)26-10-17(25)27-9-16(24)23-12-6-7-14(19)13(8-12)18(20,21)22/h2-8H,9-10H2,1H3,(H,23,24). The fourth-order valence-electron chi connectivity index (χ4n) is 2.06. The molecule has 0 unspecified atom stereocenters. The summed E-state index contributed by atoms with van der Waals surface area (Å²) in [6, 6.07) is 9.95. The zero-order valence-electron chi connectivity index (χ0n) is 14.1. The maximum atomic E-state index is 12.8. The normalized spacial score (nSPS) is 11.0. The van der Waals surface area contributed by atoms with Crippen LogP contribution in [0, 0.1) is 6.92 Å². The Morgan fingerprint density at radius 3 is 2.48 bits per heavy atom. The molecule has 1 amide bonds. The number of carbonyl (C=O) groups is 2. The topological polar surface area (TPSA) is 64.6 Å². The maximum absolute atomic E-state index is 12.8. The van der Waals surface area contributed by atoms with Gasteiger partial charge in [0.25, 0.3) is 5.91 Å². The average Bonchev–Trinajstić information content (AvgIpc) is 2.60. The van der Waals surface area contributed by atoms with Crippen LogP contribution in [0.5, 0.6) is 5.75 Å². The number of anilines is 1. The highest BCUT2D eigenvalue weighted by molar-refractivity contribution is 6.31. The lowest BCUT2D eigenvalue weighted by molar-refractivity contribution is -0.149. The number of amides is 1. The Labute approximate surface area is 158 Å². The number of hydrogen-bond donors (Lipinski definition) is 1. The van der Waals surface area contributed by atoms with Crippen LogP contribution in [0.2, 0.25) is 5.02 Å². The number of nitrogens with one attached hydrogen (secondary N) is 1. The summed E-state index contributed by atoms with van der Waals surface area (Å²) in [6.07, 6.45) is -4.66. The molecule has 9 heteroatoms. The Kier molecular flexibility index (Phi) is 6.68. The molecule has 0 spiro atoms. The predicted octanol–water partition coefficient (Wildman–Crippen LogP) is 4.23. The van der Waals surface area contributed by atoms with Gasteiger partial charge in [-0.3, -0.25) is 4.79 Å². The number of alkyl halides is 3. The fourth-order valence-corrected chi connectivity index (χ4v) is 2.28. The second-order valence-electron chi connectivity index (χ2n) is 5.46. The number of ether oxygens (including phenoxy) is 2. The van der Waals surface area contributed by atoms with E-state index in [0.29, 0.717) is 11.8 Å². The highest BCUT2D eigenvalue weighted by atomic mass is 35.5. The number of benzene rings is 2. The van der Waals surface area contributed by atoms with Crippen molar-refractivity contribution in [3.8, 4) is 5.75 Å². The Bertz CT molecular complexity index is 840. The molecule has 2 aromatic rings. The number of hydrogen-bond acceptors (Lipinski definition) is 4. The number of para-hydroxylation sites is 1. The molecule has 0 saturated heterocycles. The molecule has 2 rings (SSSR count). The predicted molar refractivity (Wildman–Crippen MR) is 92.7 cm³/mol. The smallest absolute Gasteiger partial charge is 0.417 e. The molecule has 5 nitrogen and oxygen atoms in total. The molecule has 0 bridgehead atoms. The fraction of sp³-hybridized carbons (Fsp3) is 0.222. The Balaban J connectivity index is 1.84. The lowest BCUT2D eigenvalue weighted by Crippen LogP contribution is -2.24. The second kappa shape index (κ2) is 8.77. The first-order valence-corrected chi connectivity index (χ1v) is 8.05. The summed E-state index contributed by atoms with van der Waals surface area (Å²) in [5.74, 6) is -1.09. The monoisotopic (exact) mass is 401 g/mol. The van der Waals surface area contributed by atoms with Gasteiger partial charge in [0, 0.05) is 5.69 Å². The molecule has 0 aliphatic heterocycles. The van der Waals surface area contributed by atoms with Crippen molar-refractivity contribution < 1.29 is 32.2 Å². The molecule has 0 fully saturated rings. The van der Waals surface area contributed by atoms with Crippen molar-refractivity contribution in [1.82, 2.24) is 0 Å². The first-order valence-electron chi connectivity index (χ1n) is 7.67. The summed E-state index contributed by atoms with van der Waals surface area (Å²) in [4.78, 5) is 23.4. The minimum absolute atomic E-state index is 0.121. The van der Waals surface area contributed by atoms with Gasteiger partial charge in [0.1, 0.15) is 5.75 Å². The zero-order chi connectivity index (χ0) is 20.0. The van der Waals surface area contributed by atoms with Gasteiger partial charge >= 0.3 is 12.1 Å². The van der Waals surface area contributed by atoms with E-state index >= 15 is 0 Å². The van der Waals surface area contributed by atoms with E-state index in [1.54, 1.807) is 25.1 Å². The third-order valence-corrected chi connectivity index (χ3v) is 3.69. The van der Waals surface area contributed by atoms with E-state index in [-0.39, 0.29) is 5.69 Å². The van der Waals surface area contributed by atoms with Gasteiger partial charge in [-0.2, -0.15) is 13.2 Å². The van der Waals surface area contributed by atoms with Crippen molar-refractivity contribution in [1.29, 1.82) is 0 Å². The van der Waals surface area contributed by atoms with Crippen LogP contribution in [-0.2, 0) is 20.5 Å². The molecule has 0 atom stereocenters. The van der Waals surface area contributed by atoms with Gasteiger partial charge in [-0.25, -0.2) is 4.79 Å². The van der Waals surface area contributed by atoms with Gasteiger partial charge in [-0.1, -0.05) is 29.8 Å². The summed E-state index contributed by atoms with van der Waals surface area (Å²) >= 11 is 5.50. The highest BCUT2D eigenvalue weighted by Gasteiger charge is 2.33. The maximum Gasteiger partial charge on any atom is 0.417 e. The molecule has 27 heavy (non-hydrogen) atoms. The Morgan fingerprint density at radius 2 is 1.81 bits per heavy atom. The van der Waals surface area contributed by atoms with Crippen LogP contribution >= 0.6 is 11.6 Å². The molecule has 2 aromatic carbocycles. The Morgan fingerprint density at radius 1 is 1.11 bits per heavy atom. The SMILES string of the molecule is Cc1ccccc1OCC(=O)OCC(=O)Nc1ccc(Cl)c(C(F)(F)F)c1. The van der Waals surface area contributed by atoms with Crippen LogP contribution < -0.4 is 10.1 Å². The molecule has 0 saturated carbocycles. The summed E-state index contributed by atoms with van der Waals surface area (Å²) in [5.41, 5.74) is -0.374. The molecule has 0 aromatic heterocycles. The quantitative estimate of drug-likeness (QED) is 0.736. The van der Waals surface area contributed by atoms with Crippen molar-refractivity contribution in [3.05, 3.63) is 58.6 Å². The van der Waals surface area contributed by atoms with E-state index in [0.717, 1.165) is 11.6 Å². The second-order valence-corrected chi connectivity index (χ2v) is 5.86. The summed E-state index contributed by atoms with van der Waals surface area (Å²) < 4.78 is 48.4. The summed E-state index contributed by atoms with van der Waals surface area (Å²) in [5, 5.41) is 1.72. The first-order chi connectivity index (χ1) is 12.7. The zero-order valence-corrected chi connectivity index (χ0v) is 14.9. The molecular formula is C18H15ClF3NO4. The largest absolute Gasteiger partial charge is 0.482 e. The number of aryl methyl sites for hydroxylation is 1. The first kappa shape index (κ1) is 20.6. The van der Waals surface area contributed by atoms with Crippen molar-refractivity contribution in [2.75, 3.05) is 18.5 Å². The van der Waals surface area contributed by atoms with E-state index in [9.17, 15) is 22.8 Å². The summed E-state index contributed by atoms with van der Waals surface area (Å²) in [7, 11) is 0. The molecule has 0 aliphatic rings. The van der Waals surface area contributed by atoms with Gasteiger partial charge < -0.3 is 14.8 Å². The molecule has 144 valence electrons. The van der Waals surface area contributed by atoms with Gasteiger partial charge in [0.05, 0.1) is 10.6 Å². The minimum Gasteiger partial charge on any atom is -0.482 e. The molecule has 0 aliphatic carbocycles. The van der Waals surface area contributed by atoms with Crippen molar-refractivity contribution in [2.24, 2.45) is 0 Å². The lowest BCUT2D eigenvalue weighted by atomic mass is 10.2. The van der Waals surface area contributed by atoms with Gasteiger partial charge in [-0.05, 0) is 36.8 Å². The van der Waals surface area contributed by atoms with Crippen LogP contribution in [0.3, 0.4) is 0 Å². The van der Waals surface area contributed by atoms with Crippen LogP contribution in [0.25, 0.3) is 0 Å². The van der Waals surface area contributed by atoms with E-state index in [2.05, 4.69) is 5.32 Å². The van der Waals surface area contributed by atoms with E-state index in [1.807, 2.05) is 6.07 Å². The molecular weight excluding hydrogens is 387 g/mol. The van der Waals surface area contributed by atoms with Crippen molar-refractivity contribution in [2.45, 2.75) is 13.1 Å². The van der Waals surface area contributed by atoms with E-state index in [4.69, 9.17) is 21.1 Å². The van der Waals surface area contributed by atoms with E-state index < -0.39 is 41.9 Å². The van der Waals surface area contributed by atoms with Crippen LogP contribution in [0.1, 0.15) is 11.1 Å². The van der Waals surface area contributed by atoms with Crippen molar-refractivity contribution in [3.63, 3.8) is 0 Å². The van der Waals surface area contributed by atoms with Crippen LogP contribution in [-0.4, -0.2) is 25.1 Å². The highest BCUT2D eigenvalue weighted by Crippen LogP contribution is 2.36. The Hall–Kier alpha value is -2.74. The number of carbonyl (C=O) groups excluding carboxylic acids is 2. The third kappa shape index (κ3) is 6.18. The third-order valence-electron chi connectivity index (χ3n) is 3.36. The number of esters is 1. The lowest BCUT2D eigenvalue weighted by Gasteiger charge is -2.12. The van der Waals surface area contributed by atoms with Crippen LogP contribution in [0.15, 0.2) is 42.5 Å². The van der Waals surface area contributed by atoms with Crippen LogP contribution in [0.4, 0.5) is 18.9 Å². The van der Waals surface area contributed by atoms with E-state index in [1.165, 1.54) is 6.07 Å². The number of rotatable bonds is 6. The number of halogens is 4. The van der Waals surface area contributed by atoms with Gasteiger partial charge in [-0.15, -0.1) is 0 Å². The molecule has 1 N–H and O–H groups in total.